The Morgan fingerprint density at radius 1 is 1.10 bits per heavy atom. The standard InChI is InChI=1S/C14H14F3N3O/c1-8(2)11-7-12(18)20-13(19-11)9-3-5-10(6-4-9)21-14(15,16)17/h3-8H,1-2H3,(H2,18,19,20). The molecule has 1 heterocycles. The van der Waals surface area contributed by atoms with Crippen LogP contribution >= 0.6 is 0 Å². The quantitative estimate of drug-likeness (QED) is 0.937. The van der Waals surface area contributed by atoms with Crippen molar-refractivity contribution in [2.24, 2.45) is 0 Å². The first-order valence-corrected chi connectivity index (χ1v) is 6.25. The summed E-state index contributed by atoms with van der Waals surface area (Å²) in [5.41, 5.74) is 7.06. The van der Waals surface area contributed by atoms with Crippen LogP contribution in [0.1, 0.15) is 25.5 Å². The van der Waals surface area contributed by atoms with Crippen molar-refractivity contribution in [3.8, 4) is 17.1 Å². The maximum atomic E-state index is 12.1. The van der Waals surface area contributed by atoms with Crippen LogP contribution in [0.4, 0.5) is 19.0 Å². The predicted octanol–water partition coefficient (Wildman–Crippen LogP) is 3.75. The van der Waals surface area contributed by atoms with E-state index in [0.717, 1.165) is 5.69 Å². The van der Waals surface area contributed by atoms with E-state index in [1.54, 1.807) is 6.07 Å². The minimum absolute atomic E-state index is 0.168. The summed E-state index contributed by atoms with van der Waals surface area (Å²) in [7, 11) is 0. The van der Waals surface area contributed by atoms with Gasteiger partial charge in [0.1, 0.15) is 11.6 Å². The first-order valence-electron chi connectivity index (χ1n) is 6.25. The molecule has 0 saturated carbocycles. The Bertz CT molecular complexity index is 624. The van der Waals surface area contributed by atoms with Crippen molar-refractivity contribution in [1.82, 2.24) is 9.97 Å². The first kappa shape index (κ1) is 15.1. The van der Waals surface area contributed by atoms with Crippen molar-refractivity contribution in [3.63, 3.8) is 0 Å². The molecule has 0 amide bonds. The molecule has 112 valence electrons. The summed E-state index contributed by atoms with van der Waals surface area (Å²) in [5.74, 6) is 0.567. The van der Waals surface area contributed by atoms with Crippen LogP contribution in [-0.4, -0.2) is 16.3 Å². The van der Waals surface area contributed by atoms with Crippen molar-refractivity contribution >= 4 is 5.82 Å². The van der Waals surface area contributed by atoms with E-state index in [1.807, 2.05) is 13.8 Å². The largest absolute Gasteiger partial charge is 0.573 e. The number of aromatic nitrogens is 2. The molecule has 0 atom stereocenters. The zero-order chi connectivity index (χ0) is 15.6. The molecule has 0 spiro atoms. The van der Waals surface area contributed by atoms with Gasteiger partial charge in [-0.3, -0.25) is 0 Å². The molecule has 21 heavy (non-hydrogen) atoms. The van der Waals surface area contributed by atoms with Gasteiger partial charge in [0.2, 0.25) is 0 Å². The van der Waals surface area contributed by atoms with Crippen molar-refractivity contribution in [2.75, 3.05) is 5.73 Å². The van der Waals surface area contributed by atoms with Crippen LogP contribution in [0, 0.1) is 0 Å². The predicted molar refractivity (Wildman–Crippen MR) is 72.7 cm³/mol. The van der Waals surface area contributed by atoms with Gasteiger partial charge < -0.3 is 10.5 Å². The summed E-state index contributed by atoms with van der Waals surface area (Å²) < 4.78 is 40.1. The third-order valence-electron chi connectivity index (χ3n) is 2.70. The van der Waals surface area contributed by atoms with Gasteiger partial charge in [0.25, 0.3) is 0 Å². The van der Waals surface area contributed by atoms with Crippen molar-refractivity contribution in [3.05, 3.63) is 36.0 Å². The molecule has 0 radical (unpaired) electrons. The second-order valence-corrected chi connectivity index (χ2v) is 4.77. The molecule has 0 aliphatic carbocycles. The van der Waals surface area contributed by atoms with Crippen molar-refractivity contribution in [2.45, 2.75) is 26.1 Å². The fourth-order valence-electron chi connectivity index (χ4n) is 1.72. The average molecular weight is 297 g/mol. The van der Waals surface area contributed by atoms with Crippen LogP contribution < -0.4 is 10.5 Å². The minimum Gasteiger partial charge on any atom is -0.406 e. The highest BCUT2D eigenvalue weighted by atomic mass is 19.4. The smallest absolute Gasteiger partial charge is 0.406 e. The number of nitrogen functional groups attached to an aromatic ring is 1. The Labute approximate surface area is 119 Å². The number of rotatable bonds is 3. The molecule has 2 N–H and O–H groups in total. The lowest BCUT2D eigenvalue weighted by molar-refractivity contribution is -0.274. The normalized spacial score (nSPS) is 11.7. The van der Waals surface area contributed by atoms with Crippen LogP contribution in [-0.2, 0) is 0 Å². The lowest BCUT2D eigenvalue weighted by Gasteiger charge is -2.10. The maximum absolute atomic E-state index is 12.1. The Kier molecular flexibility index (Phi) is 4.02. The molecule has 0 aliphatic rings. The SMILES string of the molecule is CC(C)c1cc(N)nc(-c2ccc(OC(F)(F)F)cc2)n1. The van der Waals surface area contributed by atoms with Gasteiger partial charge in [0.05, 0.1) is 0 Å². The first-order chi connectivity index (χ1) is 9.74. The van der Waals surface area contributed by atoms with Crippen LogP contribution in [0.5, 0.6) is 5.75 Å². The summed E-state index contributed by atoms with van der Waals surface area (Å²) in [6.07, 6.45) is -4.71. The number of halogens is 3. The summed E-state index contributed by atoms with van der Waals surface area (Å²) in [5, 5.41) is 0. The number of hydrogen-bond donors (Lipinski definition) is 1. The molecule has 2 rings (SSSR count). The van der Waals surface area contributed by atoms with Gasteiger partial charge in [-0.2, -0.15) is 0 Å². The highest BCUT2D eigenvalue weighted by Gasteiger charge is 2.31. The van der Waals surface area contributed by atoms with E-state index in [-0.39, 0.29) is 11.7 Å². The summed E-state index contributed by atoms with van der Waals surface area (Å²) >= 11 is 0. The third-order valence-corrected chi connectivity index (χ3v) is 2.70. The molecular weight excluding hydrogens is 283 g/mol. The van der Waals surface area contributed by atoms with Crippen LogP contribution in [0.25, 0.3) is 11.4 Å². The Hall–Kier alpha value is -2.31. The zero-order valence-electron chi connectivity index (χ0n) is 11.5. The fraction of sp³-hybridized carbons (Fsp3) is 0.286. The van der Waals surface area contributed by atoms with Gasteiger partial charge in [-0.25, -0.2) is 9.97 Å². The summed E-state index contributed by atoms with van der Waals surface area (Å²) in [4.78, 5) is 8.45. The van der Waals surface area contributed by atoms with E-state index >= 15 is 0 Å². The van der Waals surface area contributed by atoms with Crippen molar-refractivity contribution < 1.29 is 17.9 Å². The monoisotopic (exact) mass is 297 g/mol. The van der Waals surface area contributed by atoms with E-state index < -0.39 is 6.36 Å². The van der Waals surface area contributed by atoms with E-state index in [4.69, 9.17) is 5.73 Å². The summed E-state index contributed by atoms with van der Waals surface area (Å²) in [6, 6.07) is 7.02. The van der Waals surface area contributed by atoms with Gasteiger partial charge >= 0.3 is 6.36 Å². The van der Waals surface area contributed by atoms with Crippen LogP contribution in [0.2, 0.25) is 0 Å². The van der Waals surface area contributed by atoms with Gasteiger partial charge in [0, 0.05) is 17.3 Å². The van der Waals surface area contributed by atoms with E-state index in [1.165, 1.54) is 24.3 Å². The Balaban J connectivity index is 2.30. The number of benzene rings is 1. The van der Waals surface area contributed by atoms with Gasteiger partial charge in [-0.05, 0) is 30.2 Å². The number of alkyl halides is 3. The minimum atomic E-state index is -4.71. The molecule has 7 heteroatoms. The Morgan fingerprint density at radius 3 is 2.24 bits per heavy atom. The number of nitrogens with zero attached hydrogens (tertiary/aromatic N) is 2. The van der Waals surface area contributed by atoms with Gasteiger partial charge in [0.15, 0.2) is 5.82 Å². The highest BCUT2D eigenvalue weighted by Crippen LogP contribution is 2.26. The third kappa shape index (κ3) is 4.08. The van der Waals surface area contributed by atoms with Crippen LogP contribution in [0.3, 0.4) is 0 Å². The molecular formula is C14H14F3N3O. The molecule has 2 aromatic rings. The number of hydrogen-bond acceptors (Lipinski definition) is 4. The molecule has 1 aromatic carbocycles. The molecule has 0 aliphatic heterocycles. The molecule has 0 saturated heterocycles. The molecule has 4 nitrogen and oxygen atoms in total. The molecule has 0 bridgehead atoms. The van der Waals surface area contributed by atoms with Gasteiger partial charge in [-0.1, -0.05) is 13.8 Å². The van der Waals surface area contributed by atoms with E-state index in [0.29, 0.717) is 17.2 Å². The van der Waals surface area contributed by atoms with E-state index in [9.17, 15) is 13.2 Å². The van der Waals surface area contributed by atoms with Crippen molar-refractivity contribution in [1.29, 1.82) is 0 Å². The lowest BCUT2D eigenvalue weighted by atomic mass is 10.1. The highest BCUT2D eigenvalue weighted by molar-refractivity contribution is 5.58. The average Bonchev–Trinajstić information content (AvgIpc) is 2.37. The topological polar surface area (TPSA) is 61.0 Å². The summed E-state index contributed by atoms with van der Waals surface area (Å²) in [6.45, 7) is 3.93. The zero-order valence-corrected chi connectivity index (χ0v) is 11.5. The molecule has 0 unspecified atom stereocenters. The lowest BCUT2D eigenvalue weighted by Crippen LogP contribution is -2.16. The number of anilines is 1. The Morgan fingerprint density at radius 2 is 1.71 bits per heavy atom. The fourth-order valence-corrected chi connectivity index (χ4v) is 1.72. The second-order valence-electron chi connectivity index (χ2n) is 4.77. The second kappa shape index (κ2) is 5.59. The molecule has 1 aromatic heterocycles. The van der Waals surface area contributed by atoms with Crippen LogP contribution in [0.15, 0.2) is 30.3 Å². The number of ether oxygens (including phenoxy) is 1. The molecule has 0 fully saturated rings. The maximum Gasteiger partial charge on any atom is 0.573 e. The van der Waals surface area contributed by atoms with E-state index in [2.05, 4.69) is 14.7 Å². The van der Waals surface area contributed by atoms with Gasteiger partial charge in [-0.15, -0.1) is 13.2 Å². The number of nitrogens with two attached hydrogens (primary N) is 1.